The second-order valence-electron chi connectivity index (χ2n) is 2.88. The normalized spacial score (nSPS) is 11.4. The van der Waals surface area contributed by atoms with Crippen molar-refractivity contribution < 1.29 is 4.79 Å². The molecular formula is C12H10Cl2O. The van der Waals surface area contributed by atoms with Crippen LogP contribution in [0, 0.1) is 0 Å². The zero-order chi connectivity index (χ0) is 11.3. The maximum absolute atomic E-state index is 11.6. The molecule has 0 amide bonds. The van der Waals surface area contributed by atoms with Gasteiger partial charge in [-0.2, -0.15) is 0 Å². The fourth-order valence-electron chi connectivity index (χ4n) is 1.000. The number of halogens is 2. The first-order valence-corrected chi connectivity index (χ1v) is 5.19. The third-order valence-electron chi connectivity index (χ3n) is 1.76. The first-order chi connectivity index (χ1) is 7.15. The molecule has 1 aromatic carbocycles. The predicted octanol–water partition coefficient (Wildman–Crippen LogP) is 4.31. The number of carbonyl (C=O) groups excluding carboxylic acids is 1. The molecule has 0 bridgehead atoms. The maximum atomic E-state index is 11.6. The smallest absolute Gasteiger partial charge is 0.185 e. The van der Waals surface area contributed by atoms with E-state index >= 15 is 0 Å². The predicted molar refractivity (Wildman–Crippen MR) is 64.7 cm³/mol. The molecule has 0 aliphatic carbocycles. The summed E-state index contributed by atoms with van der Waals surface area (Å²) in [5.41, 5.74) is 0.533. The Bertz CT molecular complexity index is 420. The molecule has 0 heterocycles. The molecule has 1 rings (SSSR count). The summed E-state index contributed by atoms with van der Waals surface area (Å²) in [5, 5.41) is 0.840. The van der Waals surface area contributed by atoms with E-state index in [0.717, 1.165) is 0 Å². The van der Waals surface area contributed by atoms with Crippen molar-refractivity contribution in [3.63, 3.8) is 0 Å². The highest BCUT2D eigenvalue weighted by atomic mass is 35.5. The van der Waals surface area contributed by atoms with Crippen molar-refractivity contribution in [2.75, 3.05) is 0 Å². The third-order valence-corrected chi connectivity index (χ3v) is 2.49. The first-order valence-electron chi connectivity index (χ1n) is 4.44. The Hall–Kier alpha value is -1.05. The van der Waals surface area contributed by atoms with Gasteiger partial charge >= 0.3 is 0 Å². The molecule has 0 aromatic heterocycles. The number of carbonyl (C=O) groups is 1. The lowest BCUT2D eigenvalue weighted by atomic mass is 10.1. The van der Waals surface area contributed by atoms with Crippen LogP contribution in [0.25, 0.3) is 0 Å². The molecule has 0 aliphatic heterocycles. The number of benzene rings is 1. The Morgan fingerprint density at radius 3 is 2.53 bits per heavy atom. The van der Waals surface area contributed by atoms with Crippen LogP contribution in [-0.4, -0.2) is 5.78 Å². The van der Waals surface area contributed by atoms with Crippen molar-refractivity contribution in [3.8, 4) is 0 Å². The SMILES string of the molecule is CC=CC=CC(=O)c1ccc(Cl)c(Cl)c1. The Kier molecular flexibility index (Phi) is 4.60. The van der Waals surface area contributed by atoms with Crippen LogP contribution in [0.4, 0.5) is 0 Å². The van der Waals surface area contributed by atoms with Gasteiger partial charge in [0.1, 0.15) is 0 Å². The number of hydrogen-bond donors (Lipinski definition) is 0. The molecule has 0 saturated heterocycles. The molecule has 0 unspecified atom stereocenters. The molecular weight excluding hydrogens is 231 g/mol. The Morgan fingerprint density at radius 1 is 1.20 bits per heavy atom. The van der Waals surface area contributed by atoms with Gasteiger partial charge < -0.3 is 0 Å². The summed E-state index contributed by atoms with van der Waals surface area (Å²) < 4.78 is 0. The van der Waals surface area contributed by atoms with E-state index in [9.17, 15) is 4.79 Å². The molecule has 0 spiro atoms. The summed E-state index contributed by atoms with van der Waals surface area (Å²) >= 11 is 11.5. The topological polar surface area (TPSA) is 17.1 Å². The molecule has 0 N–H and O–H groups in total. The standard InChI is InChI=1S/C12H10Cl2O/c1-2-3-4-5-12(15)9-6-7-10(13)11(14)8-9/h2-8H,1H3. The maximum Gasteiger partial charge on any atom is 0.185 e. The minimum absolute atomic E-state index is 0.0910. The molecule has 0 fully saturated rings. The molecule has 0 saturated carbocycles. The van der Waals surface area contributed by atoms with Crippen molar-refractivity contribution in [2.45, 2.75) is 6.92 Å². The molecule has 3 heteroatoms. The van der Waals surface area contributed by atoms with Gasteiger partial charge in [0.2, 0.25) is 0 Å². The van der Waals surface area contributed by atoms with Gasteiger partial charge in [0.05, 0.1) is 10.0 Å². The molecule has 0 radical (unpaired) electrons. The van der Waals surface area contributed by atoms with Gasteiger partial charge in [0.15, 0.2) is 5.78 Å². The third kappa shape index (κ3) is 3.54. The summed E-state index contributed by atoms with van der Waals surface area (Å²) in [5.74, 6) is -0.0910. The van der Waals surface area contributed by atoms with E-state index < -0.39 is 0 Å². The summed E-state index contributed by atoms with van der Waals surface area (Å²) in [4.78, 5) is 11.6. The van der Waals surface area contributed by atoms with Gasteiger partial charge in [-0.25, -0.2) is 0 Å². The number of hydrogen-bond acceptors (Lipinski definition) is 1. The van der Waals surface area contributed by atoms with E-state index in [1.165, 1.54) is 6.08 Å². The van der Waals surface area contributed by atoms with Crippen molar-refractivity contribution in [3.05, 3.63) is 58.1 Å². The summed E-state index contributed by atoms with van der Waals surface area (Å²) in [7, 11) is 0. The lowest BCUT2D eigenvalue weighted by Crippen LogP contribution is -1.93. The van der Waals surface area contributed by atoms with Crippen molar-refractivity contribution >= 4 is 29.0 Å². The van der Waals surface area contributed by atoms with Gasteiger partial charge in [-0.3, -0.25) is 4.79 Å². The van der Waals surface area contributed by atoms with Crippen LogP contribution in [0.5, 0.6) is 0 Å². The first kappa shape index (κ1) is 12.0. The summed E-state index contributed by atoms with van der Waals surface area (Å²) in [6, 6.07) is 4.82. The lowest BCUT2D eigenvalue weighted by Gasteiger charge is -1.98. The number of rotatable bonds is 3. The van der Waals surface area contributed by atoms with Crippen LogP contribution in [0.3, 0.4) is 0 Å². The molecule has 1 nitrogen and oxygen atoms in total. The van der Waals surface area contributed by atoms with Crippen molar-refractivity contribution in [1.29, 1.82) is 0 Å². The van der Waals surface area contributed by atoms with E-state index in [-0.39, 0.29) is 5.78 Å². The average molecular weight is 241 g/mol. The Labute approximate surface area is 99.0 Å². The van der Waals surface area contributed by atoms with Crippen LogP contribution < -0.4 is 0 Å². The van der Waals surface area contributed by atoms with Crippen molar-refractivity contribution in [1.82, 2.24) is 0 Å². The van der Waals surface area contributed by atoms with Crippen molar-refractivity contribution in [2.24, 2.45) is 0 Å². The van der Waals surface area contributed by atoms with Gasteiger partial charge in [-0.1, -0.05) is 41.4 Å². The van der Waals surface area contributed by atoms with E-state index in [1.807, 2.05) is 13.0 Å². The molecule has 1 aromatic rings. The molecule has 0 atom stereocenters. The summed E-state index contributed by atoms with van der Waals surface area (Å²) in [6.07, 6.45) is 6.80. The van der Waals surface area contributed by atoms with Crippen LogP contribution in [0.1, 0.15) is 17.3 Å². The highest BCUT2D eigenvalue weighted by Gasteiger charge is 2.04. The van der Waals surface area contributed by atoms with E-state index in [2.05, 4.69) is 0 Å². The van der Waals surface area contributed by atoms with Crippen LogP contribution in [-0.2, 0) is 0 Å². The highest BCUT2D eigenvalue weighted by molar-refractivity contribution is 6.42. The van der Waals surface area contributed by atoms with Gasteiger partial charge in [-0.05, 0) is 31.2 Å². The summed E-state index contributed by atoms with van der Waals surface area (Å²) in [6.45, 7) is 1.88. The largest absolute Gasteiger partial charge is 0.289 e. The van der Waals surface area contributed by atoms with Gasteiger partial charge in [0.25, 0.3) is 0 Å². The van der Waals surface area contributed by atoms with E-state index in [4.69, 9.17) is 23.2 Å². The van der Waals surface area contributed by atoms with E-state index in [1.54, 1.807) is 30.4 Å². The second-order valence-corrected chi connectivity index (χ2v) is 3.69. The molecule has 15 heavy (non-hydrogen) atoms. The monoisotopic (exact) mass is 240 g/mol. The van der Waals surface area contributed by atoms with Gasteiger partial charge in [0, 0.05) is 5.56 Å². The van der Waals surface area contributed by atoms with Gasteiger partial charge in [-0.15, -0.1) is 0 Å². The van der Waals surface area contributed by atoms with E-state index in [0.29, 0.717) is 15.6 Å². The zero-order valence-corrected chi connectivity index (χ0v) is 9.72. The van der Waals surface area contributed by atoms with Crippen LogP contribution >= 0.6 is 23.2 Å². The Balaban J connectivity index is 2.87. The zero-order valence-electron chi connectivity index (χ0n) is 8.21. The Morgan fingerprint density at radius 2 is 1.93 bits per heavy atom. The number of ketones is 1. The highest BCUT2D eigenvalue weighted by Crippen LogP contribution is 2.22. The van der Waals surface area contributed by atoms with Crippen LogP contribution in [0.2, 0.25) is 10.0 Å². The number of allylic oxidation sites excluding steroid dienone is 4. The second kappa shape index (κ2) is 5.74. The fourth-order valence-corrected chi connectivity index (χ4v) is 1.30. The minimum atomic E-state index is -0.0910. The average Bonchev–Trinajstić information content (AvgIpc) is 2.22. The fraction of sp³-hybridized carbons (Fsp3) is 0.0833. The quantitative estimate of drug-likeness (QED) is 0.437. The minimum Gasteiger partial charge on any atom is -0.289 e. The molecule has 78 valence electrons. The lowest BCUT2D eigenvalue weighted by molar-refractivity contribution is 0.104. The molecule has 0 aliphatic rings. The van der Waals surface area contributed by atoms with Crippen LogP contribution in [0.15, 0.2) is 42.5 Å².